The Balaban J connectivity index is 1.62. The monoisotopic (exact) mass is 397 g/mol. The second kappa shape index (κ2) is 9.07. The van der Waals surface area contributed by atoms with E-state index < -0.39 is 6.36 Å². The van der Waals surface area contributed by atoms with Crippen LogP contribution < -0.4 is 15.8 Å². The summed E-state index contributed by atoms with van der Waals surface area (Å²) in [5.74, 6) is 0.322. The van der Waals surface area contributed by atoms with Crippen molar-refractivity contribution in [2.24, 2.45) is 0 Å². The molecule has 0 aliphatic carbocycles. The fourth-order valence-electron chi connectivity index (χ4n) is 2.85. The number of hydrogen-bond acceptors (Lipinski definition) is 7. The third kappa shape index (κ3) is 5.96. The molecule has 0 spiro atoms. The molecule has 10 heteroatoms. The Bertz CT molecular complexity index is 782. The van der Waals surface area contributed by atoms with Gasteiger partial charge in [0, 0.05) is 25.2 Å². The van der Waals surface area contributed by atoms with Crippen LogP contribution >= 0.6 is 0 Å². The first-order chi connectivity index (χ1) is 13.4. The average Bonchev–Trinajstić information content (AvgIpc) is 2.66. The Kier molecular flexibility index (Phi) is 6.53. The first kappa shape index (κ1) is 20.2. The number of nitrogens with zero attached hydrogens (tertiary/aromatic N) is 3. The van der Waals surface area contributed by atoms with E-state index in [1.165, 1.54) is 24.4 Å². The van der Waals surface area contributed by atoms with Gasteiger partial charge in [-0.15, -0.1) is 13.2 Å². The largest absolute Gasteiger partial charge is 0.573 e. The molecule has 1 aliphatic rings. The van der Waals surface area contributed by atoms with Gasteiger partial charge in [0.1, 0.15) is 5.75 Å². The average molecular weight is 397 g/mol. The van der Waals surface area contributed by atoms with Gasteiger partial charge in [0.25, 0.3) is 0 Å². The van der Waals surface area contributed by atoms with Crippen LogP contribution in [0.3, 0.4) is 0 Å². The molecule has 0 unspecified atom stereocenters. The lowest BCUT2D eigenvalue weighted by Crippen LogP contribution is -2.37. The molecule has 1 aliphatic heterocycles. The summed E-state index contributed by atoms with van der Waals surface area (Å²) in [6, 6.07) is 5.58. The minimum absolute atomic E-state index is 0.234. The van der Waals surface area contributed by atoms with Crippen molar-refractivity contribution in [3.63, 3.8) is 0 Å². The van der Waals surface area contributed by atoms with Crippen LogP contribution in [0.1, 0.15) is 6.42 Å². The molecule has 0 radical (unpaired) electrons. The van der Waals surface area contributed by atoms with Crippen molar-refractivity contribution in [2.45, 2.75) is 12.8 Å². The maximum absolute atomic E-state index is 12.4. The summed E-state index contributed by atoms with van der Waals surface area (Å²) in [7, 11) is 0. The predicted molar refractivity (Wildman–Crippen MR) is 98.9 cm³/mol. The zero-order valence-corrected chi connectivity index (χ0v) is 15.2. The summed E-state index contributed by atoms with van der Waals surface area (Å²) in [6.45, 7) is 4.94. The third-order valence-corrected chi connectivity index (χ3v) is 4.21. The molecule has 1 aromatic heterocycles. The SMILES string of the molecule is Nc1ncc(-c2cccc(OC(F)(F)F)c2)nc1NCCCN1CCOCC1. The van der Waals surface area contributed by atoms with Gasteiger partial charge < -0.3 is 20.5 Å². The number of morpholine rings is 1. The van der Waals surface area contributed by atoms with Crippen LogP contribution in [0, 0.1) is 0 Å². The Labute approximate surface area is 160 Å². The molecule has 1 fully saturated rings. The molecule has 2 aromatic rings. The number of benzene rings is 1. The number of nitrogen functional groups attached to an aromatic ring is 1. The summed E-state index contributed by atoms with van der Waals surface area (Å²) in [5.41, 5.74) is 6.72. The van der Waals surface area contributed by atoms with Crippen LogP contribution in [-0.4, -0.2) is 60.6 Å². The van der Waals surface area contributed by atoms with Gasteiger partial charge in [-0.25, -0.2) is 9.97 Å². The minimum atomic E-state index is -4.75. The normalized spacial score (nSPS) is 15.4. The van der Waals surface area contributed by atoms with Gasteiger partial charge in [0.05, 0.1) is 25.1 Å². The van der Waals surface area contributed by atoms with E-state index in [1.807, 2.05) is 0 Å². The molecule has 2 heterocycles. The van der Waals surface area contributed by atoms with Gasteiger partial charge >= 0.3 is 6.36 Å². The van der Waals surface area contributed by atoms with E-state index in [9.17, 15) is 13.2 Å². The molecule has 3 rings (SSSR count). The van der Waals surface area contributed by atoms with E-state index in [2.05, 4.69) is 24.9 Å². The number of ether oxygens (including phenoxy) is 2. The Hall–Kier alpha value is -2.59. The van der Waals surface area contributed by atoms with Gasteiger partial charge in [-0.1, -0.05) is 12.1 Å². The summed E-state index contributed by atoms with van der Waals surface area (Å²) >= 11 is 0. The summed E-state index contributed by atoms with van der Waals surface area (Å²) in [4.78, 5) is 10.8. The number of halogens is 3. The van der Waals surface area contributed by atoms with Gasteiger partial charge in [-0.3, -0.25) is 4.90 Å². The number of nitrogens with two attached hydrogens (primary N) is 1. The standard InChI is InChI=1S/C18H22F3N5O2/c19-18(20,21)28-14-4-1-3-13(11-14)15-12-24-16(22)17(25-15)23-5-2-6-26-7-9-27-10-8-26/h1,3-4,11-12H,2,5-10H2,(H2,22,24)(H,23,25). The topological polar surface area (TPSA) is 85.5 Å². The molecule has 7 nitrogen and oxygen atoms in total. The van der Waals surface area contributed by atoms with E-state index in [1.54, 1.807) is 6.07 Å². The molecule has 28 heavy (non-hydrogen) atoms. The molecular weight excluding hydrogens is 375 g/mol. The highest BCUT2D eigenvalue weighted by Crippen LogP contribution is 2.28. The first-order valence-corrected chi connectivity index (χ1v) is 8.93. The van der Waals surface area contributed by atoms with Gasteiger partial charge in [0.2, 0.25) is 0 Å². The van der Waals surface area contributed by atoms with Crippen LogP contribution in [0.4, 0.5) is 24.8 Å². The number of nitrogens with one attached hydrogen (secondary N) is 1. The van der Waals surface area contributed by atoms with Crippen LogP contribution in [0.5, 0.6) is 5.75 Å². The van der Waals surface area contributed by atoms with Crippen molar-refractivity contribution in [1.82, 2.24) is 14.9 Å². The molecule has 0 atom stereocenters. The van der Waals surface area contributed by atoms with Crippen molar-refractivity contribution in [2.75, 3.05) is 50.4 Å². The smallest absolute Gasteiger partial charge is 0.406 e. The second-order valence-corrected chi connectivity index (χ2v) is 6.30. The van der Waals surface area contributed by atoms with E-state index in [-0.39, 0.29) is 11.6 Å². The number of rotatable bonds is 7. The second-order valence-electron chi connectivity index (χ2n) is 6.30. The zero-order chi connectivity index (χ0) is 20.0. The highest BCUT2D eigenvalue weighted by molar-refractivity contribution is 5.66. The van der Waals surface area contributed by atoms with Crippen LogP contribution in [0.15, 0.2) is 30.5 Å². The summed E-state index contributed by atoms with van der Waals surface area (Å²) in [5, 5.41) is 3.15. The van der Waals surface area contributed by atoms with Gasteiger partial charge in [-0.05, 0) is 25.1 Å². The number of alkyl halides is 3. The van der Waals surface area contributed by atoms with Crippen LogP contribution in [0.2, 0.25) is 0 Å². The molecule has 3 N–H and O–H groups in total. The van der Waals surface area contributed by atoms with Crippen molar-refractivity contribution in [3.05, 3.63) is 30.5 Å². The summed E-state index contributed by atoms with van der Waals surface area (Å²) < 4.78 is 46.5. The fourth-order valence-corrected chi connectivity index (χ4v) is 2.85. The quantitative estimate of drug-likeness (QED) is 0.695. The van der Waals surface area contributed by atoms with Crippen molar-refractivity contribution < 1.29 is 22.6 Å². The predicted octanol–water partition coefficient (Wildman–Crippen LogP) is 2.76. The highest BCUT2D eigenvalue weighted by Gasteiger charge is 2.31. The first-order valence-electron chi connectivity index (χ1n) is 8.93. The van der Waals surface area contributed by atoms with Gasteiger partial charge in [0.15, 0.2) is 11.6 Å². The lowest BCUT2D eigenvalue weighted by Gasteiger charge is -2.26. The molecule has 1 saturated heterocycles. The summed E-state index contributed by atoms with van der Waals surface area (Å²) in [6.07, 6.45) is -2.44. The molecule has 0 bridgehead atoms. The van der Waals surface area contributed by atoms with Gasteiger partial charge in [-0.2, -0.15) is 0 Å². The number of anilines is 2. The Morgan fingerprint density at radius 1 is 1.25 bits per heavy atom. The molecule has 0 amide bonds. The Morgan fingerprint density at radius 3 is 2.79 bits per heavy atom. The highest BCUT2D eigenvalue weighted by atomic mass is 19.4. The number of hydrogen-bond donors (Lipinski definition) is 2. The Morgan fingerprint density at radius 2 is 2.04 bits per heavy atom. The fraction of sp³-hybridized carbons (Fsp3) is 0.444. The van der Waals surface area contributed by atoms with Crippen LogP contribution in [-0.2, 0) is 4.74 Å². The zero-order valence-electron chi connectivity index (χ0n) is 15.2. The molecular formula is C18H22F3N5O2. The third-order valence-electron chi connectivity index (χ3n) is 4.21. The van der Waals surface area contributed by atoms with E-state index in [0.717, 1.165) is 39.3 Å². The maximum Gasteiger partial charge on any atom is 0.573 e. The van der Waals surface area contributed by atoms with E-state index in [0.29, 0.717) is 23.6 Å². The lowest BCUT2D eigenvalue weighted by molar-refractivity contribution is -0.274. The van der Waals surface area contributed by atoms with E-state index in [4.69, 9.17) is 10.5 Å². The van der Waals surface area contributed by atoms with Crippen LogP contribution in [0.25, 0.3) is 11.3 Å². The van der Waals surface area contributed by atoms with Crippen molar-refractivity contribution >= 4 is 11.6 Å². The van der Waals surface area contributed by atoms with Crippen molar-refractivity contribution in [3.8, 4) is 17.0 Å². The molecule has 0 saturated carbocycles. The van der Waals surface area contributed by atoms with E-state index >= 15 is 0 Å². The lowest BCUT2D eigenvalue weighted by atomic mass is 10.1. The molecule has 152 valence electrons. The minimum Gasteiger partial charge on any atom is -0.406 e. The van der Waals surface area contributed by atoms with Crippen molar-refractivity contribution in [1.29, 1.82) is 0 Å². The molecule has 1 aromatic carbocycles. The number of aromatic nitrogens is 2. The maximum atomic E-state index is 12.4.